The van der Waals surface area contributed by atoms with Crippen LogP contribution in [0, 0.1) is 23.7 Å². The highest BCUT2D eigenvalue weighted by atomic mass is 32.2. The van der Waals surface area contributed by atoms with Gasteiger partial charge in [0.25, 0.3) is 0 Å². The van der Waals surface area contributed by atoms with Crippen molar-refractivity contribution in [2.24, 2.45) is 29.5 Å². The molecule has 2 aliphatic rings. The molecule has 9 nitrogen and oxygen atoms in total. The van der Waals surface area contributed by atoms with Gasteiger partial charge in [-0.05, 0) is 49.5 Å². The molecule has 2 fully saturated rings. The molecule has 0 spiro atoms. The lowest BCUT2D eigenvalue weighted by molar-refractivity contribution is -0.203. The summed E-state index contributed by atoms with van der Waals surface area (Å²) < 4.78 is 32.0. The normalized spacial score (nSPS) is 21.7. The number of nitrogens with two attached hydrogens (primary N) is 1. The van der Waals surface area contributed by atoms with Crippen molar-refractivity contribution in [3.05, 3.63) is 42.0 Å². The second kappa shape index (κ2) is 15.8. The highest BCUT2D eigenvalue weighted by Gasteiger charge is 2.54. The Balaban J connectivity index is 2.13. The SMILES string of the molecule is CC(C)C[C@@H](C(=O)NN)[C@@H](C(=O)NOC1CCCCO1)C(/C=C/c1ccccc1)(CCC1CCCCC1)S(C)(=O)=O. The second-order valence-corrected chi connectivity index (χ2v) is 14.4. The Morgan fingerprint density at radius 3 is 2.34 bits per heavy atom. The van der Waals surface area contributed by atoms with Crippen LogP contribution in [0.3, 0.4) is 0 Å². The van der Waals surface area contributed by atoms with Crippen molar-refractivity contribution in [1.82, 2.24) is 10.9 Å². The number of sulfone groups is 1. The predicted octanol–water partition coefficient (Wildman–Crippen LogP) is 4.69. The molecular weight excluding hydrogens is 542 g/mol. The Morgan fingerprint density at radius 1 is 1.07 bits per heavy atom. The lowest BCUT2D eigenvalue weighted by Crippen LogP contribution is -2.57. The Hall–Kier alpha value is -2.27. The first-order chi connectivity index (χ1) is 19.6. The van der Waals surface area contributed by atoms with E-state index in [2.05, 4.69) is 10.9 Å². The Morgan fingerprint density at radius 2 is 1.76 bits per heavy atom. The molecule has 10 heteroatoms. The summed E-state index contributed by atoms with van der Waals surface area (Å²) >= 11 is 0. The summed E-state index contributed by atoms with van der Waals surface area (Å²) in [5, 5.41) is 0. The number of rotatable bonds is 14. The van der Waals surface area contributed by atoms with Gasteiger partial charge in [0.15, 0.2) is 16.1 Å². The van der Waals surface area contributed by atoms with Gasteiger partial charge in [0, 0.05) is 19.3 Å². The van der Waals surface area contributed by atoms with Crippen LogP contribution < -0.4 is 16.7 Å². The van der Waals surface area contributed by atoms with Crippen molar-refractivity contribution in [3.8, 4) is 0 Å². The Bertz CT molecular complexity index is 1100. The molecule has 1 aromatic rings. The number of hydrogen-bond donors (Lipinski definition) is 3. The summed E-state index contributed by atoms with van der Waals surface area (Å²) in [5.74, 6) is 2.43. The maximum absolute atomic E-state index is 14.2. The topological polar surface area (TPSA) is 137 Å². The van der Waals surface area contributed by atoms with E-state index in [1.165, 1.54) is 12.7 Å². The quantitative estimate of drug-likeness (QED) is 0.162. The summed E-state index contributed by atoms with van der Waals surface area (Å²) in [5.41, 5.74) is 5.53. The number of hydroxylamine groups is 1. The zero-order valence-electron chi connectivity index (χ0n) is 24.8. The van der Waals surface area contributed by atoms with E-state index in [0.717, 1.165) is 44.1 Å². The van der Waals surface area contributed by atoms with Crippen LogP contribution in [0.2, 0.25) is 0 Å². The van der Waals surface area contributed by atoms with Crippen LogP contribution in [0.1, 0.15) is 90.0 Å². The number of hydrazine groups is 1. The molecule has 2 unspecified atom stereocenters. The summed E-state index contributed by atoms with van der Waals surface area (Å²) in [6, 6.07) is 9.38. The van der Waals surface area contributed by atoms with E-state index in [1.807, 2.05) is 44.2 Å². The first kappa shape index (κ1) is 33.2. The van der Waals surface area contributed by atoms with Crippen LogP contribution >= 0.6 is 0 Å². The van der Waals surface area contributed by atoms with Crippen LogP contribution in [0.5, 0.6) is 0 Å². The smallest absolute Gasteiger partial charge is 0.249 e. The maximum atomic E-state index is 14.2. The zero-order valence-corrected chi connectivity index (χ0v) is 25.7. The number of ether oxygens (including phenoxy) is 1. The van der Waals surface area contributed by atoms with Crippen molar-refractivity contribution >= 4 is 27.7 Å². The van der Waals surface area contributed by atoms with Gasteiger partial charge >= 0.3 is 0 Å². The van der Waals surface area contributed by atoms with Crippen molar-refractivity contribution in [2.75, 3.05) is 12.9 Å². The summed E-state index contributed by atoms with van der Waals surface area (Å²) in [4.78, 5) is 33.2. The molecule has 1 aromatic carbocycles. The zero-order chi connectivity index (χ0) is 29.9. The van der Waals surface area contributed by atoms with E-state index in [-0.39, 0.29) is 18.8 Å². The van der Waals surface area contributed by atoms with Crippen LogP contribution in [-0.2, 0) is 29.0 Å². The fourth-order valence-corrected chi connectivity index (χ4v) is 7.87. The van der Waals surface area contributed by atoms with Gasteiger partial charge in [0.1, 0.15) is 4.75 Å². The minimum absolute atomic E-state index is 0.0103. The lowest BCUT2D eigenvalue weighted by atomic mass is 9.72. The van der Waals surface area contributed by atoms with Gasteiger partial charge in [0.2, 0.25) is 11.8 Å². The average Bonchev–Trinajstić information content (AvgIpc) is 2.97. The standard InChI is InChI=1S/C31H49N3O6S/c1-23(2)22-26(29(35)33-32)28(30(36)34-40-27-16-10-11-21-39-27)31(41(3,37)38,19-17-24-12-6-4-7-13-24)20-18-25-14-8-5-9-15-25/h4,6-7,12-13,17,19,23,25-28H,5,8-11,14-16,18,20-22,32H2,1-3H3,(H,33,35)(H,34,36)/b19-17+/t26-,27?,28+,31?/m1/s1. The van der Waals surface area contributed by atoms with Gasteiger partial charge in [-0.2, -0.15) is 0 Å². The highest BCUT2D eigenvalue weighted by Crippen LogP contribution is 2.43. The molecule has 2 amide bonds. The third-order valence-corrected chi connectivity index (χ3v) is 10.5. The van der Waals surface area contributed by atoms with E-state index in [9.17, 15) is 18.0 Å². The molecule has 41 heavy (non-hydrogen) atoms. The monoisotopic (exact) mass is 591 g/mol. The molecule has 0 radical (unpaired) electrons. The van der Waals surface area contributed by atoms with Gasteiger partial charge < -0.3 is 4.74 Å². The van der Waals surface area contributed by atoms with E-state index in [4.69, 9.17) is 15.4 Å². The van der Waals surface area contributed by atoms with E-state index in [0.29, 0.717) is 25.4 Å². The molecule has 230 valence electrons. The molecule has 0 bridgehead atoms. The Kier molecular flexibility index (Phi) is 12.8. The number of nitrogens with one attached hydrogen (secondary N) is 2. The largest absolute Gasteiger partial charge is 0.350 e. The van der Waals surface area contributed by atoms with Crippen LogP contribution in [0.25, 0.3) is 6.08 Å². The van der Waals surface area contributed by atoms with E-state index < -0.39 is 44.5 Å². The van der Waals surface area contributed by atoms with Crippen molar-refractivity contribution in [2.45, 2.75) is 95.5 Å². The molecule has 1 heterocycles. The predicted molar refractivity (Wildman–Crippen MR) is 160 cm³/mol. The van der Waals surface area contributed by atoms with Crippen LogP contribution in [-0.4, -0.2) is 44.1 Å². The van der Waals surface area contributed by atoms with Gasteiger partial charge in [-0.15, -0.1) is 0 Å². The van der Waals surface area contributed by atoms with Crippen LogP contribution in [0.15, 0.2) is 36.4 Å². The second-order valence-electron chi connectivity index (χ2n) is 12.1. The highest BCUT2D eigenvalue weighted by molar-refractivity contribution is 7.92. The van der Waals surface area contributed by atoms with Crippen molar-refractivity contribution < 1.29 is 27.6 Å². The van der Waals surface area contributed by atoms with Gasteiger partial charge in [-0.3, -0.25) is 15.0 Å². The molecule has 1 saturated heterocycles. The molecule has 0 aromatic heterocycles. The van der Waals surface area contributed by atoms with E-state index >= 15 is 0 Å². The number of amides is 2. The molecule has 4 atom stereocenters. The minimum Gasteiger partial charge on any atom is -0.350 e. The fraction of sp³-hybridized carbons (Fsp3) is 0.677. The Labute approximate surface area is 245 Å². The van der Waals surface area contributed by atoms with Gasteiger partial charge in [0.05, 0.1) is 11.8 Å². The average molecular weight is 592 g/mol. The number of carbonyl (C=O) groups excluding carboxylic acids is 2. The fourth-order valence-electron chi connectivity index (χ4n) is 6.34. The first-order valence-corrected chi connectivity index (χ1v) is 17.0. The van der Waals surface area contributed by atoms with Gasteiger partial charge in [-0.25, -0.2) is 24.6 Å². The lowest BCUT2D eigenvalue weighted by Gasteiger charge is -2.41. The minimum atomic E-state index is -3.96. The summed E-state index contributed by atoms with van der Waals surface area (Å²) in [7, 11) is -3.96. The summed E-state index contributed by atoms with van der Waals surface area (Å²) in [6.45, 7) is 4.38. The molecule has 4 N–H and O–H groups in total. The maximum Gasteiger partial charge on any atom is 0.249 e. The molecule has 1 saturated carbocycles. The number of hydrogen-bond acceptors (Lipinski definition) is 7. The van der Waals surface area contributed by atoms with Gasteiger partial charge in [-0.1, -0.05) is 88.4 Å². The first-order valence-electron chi connectivity index (χ1n) is 15.1. The molecular formula is C31H49N3O6S. The van der Waals surface area contributed by atoms with E-state index in [1.54, 1.807) is 12.2 Å². The number of carbonyl (C=O) groups is 2. The van der Waals surface area contributed by atoms with Crippen molar-refractivity contribution in [1.29, 1.82) is 0 Å². The molecule has 3 rings (SSSR count). The molecule has 1 aliphatic carbocycles. The third kappa shape index (κ3) is 9.36. The third-order valence-electron chi connectivity index (χ3n) is 8.56. The van der Waals surface area contributed by atoms with Crippen LogP contribution in [0.4, 0.5) is 0 Å². The summed E-state index contributed by atoms with van der Waals surface area (Å²) in [6.07, 6.45) is 12.9. The van der Waals surface area contributed by atoms with Crippen molar-refractivity contribution in [3.63, 3.8) is 0 Å². The number of benzene rings is 1. The molecule has 1 aliphatic heterocycles.